The lowest BCUT2D eigenvalue weighted by Crippen LogP contribution is -2.42. The molecule has 7 heteroatoms. The van der Waals surface area contributed by atoms with Crippen LogP contribution < -0.4 is 5.32 Å². The van der Waals surface area contributed by atoms with Gasteiger partial charge in [0, 0.05) is 4.47 Å². The Balaban J connectivity index is 1.54. The summed E-state index contributed by atoms with van der Waals surface area (Å²) >= 11 is 4.72. The smallest absolute Gasteiger partial charge is 0.231 e. The van der Waals surface area contributed by atoms with Crippen LogP contribution in [0.4, 0.5) is 0 Å². The van der Waals surface area contributed by atoms with Crippen molar-refractivity contribution in [2.45, 2.75) is 24.5 Å². The van der Waals surface area contributed by atoms with Crippen LogP contribution in [-0.2, 0) is 16.0 Å². The van der Waals surface area contributed by atoms with Gasteiger partial charge in [0.2, 0.25) is 5.91 Å². The number of hydrogen-bond donors (Lipinski definition) is 2. The number of carbonyl (C=O) groups is 2. The van der Waals surface area contributed by atoms with Gasteiger partial charge in [-0.15, -0.1) is 0 Å². The van der Waals surface area contributed by atoms with Gasteiger partial charge in [0.25, 0.3) is 0 Å². The summed E-state index contributed by atoms with van der Waals surface area (Å²) in [6.45, 7) is 1.50. The second kappa shape index (κ2) is 9.71. The van der Waals surface area contributed by atoms with Crippen molar-refractivity contribution < 1.29 is 9.59 Å². The van der Waals surface area contributed by atoms with E-state index < -0.39 is 6.04 Å². The lowest BCUT2D eigenvalue weighted by Gasteiger charge is -2.15. The summed E-state index contributed by atoms with van der Waals surface area (Å²) in [6, 6.07) is 17.0. The number of benzene rings is 2. The van der Waals surface area contributed by atoms with Gasteiger partial charge in [0.15, 0.2) is 10.9 Å². The van der Waals surface area contributed by atoms with Crippen LogP contribution in [0.25, 0.3) is 11.3 Å². The minimum Gasteiger partial charge on any atom is -0.345 e. The van der Waals surface area contributed by atoms with Crippen LogP contribution in [0.15, 0.2) is 70.4 Å². The average Bonchev–Trinajstić information content (AvgIpc) is 3.16. The SMILES string of the molecule is CC(=O)C(Cc1ccccc1)NC(=O)CSc1ncc(-c2ccc(Br)cc2)[nH]1. The van der Waals surface area contributed by atoms with E-state index in [0.717, 1.165) is 21.3 Å². The molecule has 3 rings (SSSR count). The molecule has 0 saturated heterocycles. The van der Waals surface area contributed by atoms with Crippen LogP contribution in [0, 0.1) is 0 Å². The maximum Gasteiger partial charge on any atom is 0.231 e. The Hall–Kier alpha value is -2.38. The third kappa shape index (κ3) is 5.81. The van der Waals surface area contributed by atoms with Gasteiger partial charge in [-0.25, -0.2) is 4.98 Å². The molecule has 2 N–H and O–H groups in total. The molecular weight excluding hydrogens is 438 g/mol. The number of nitrogens with zero attached hydrogens (tertiary/aromatic N) is 1. The van der Waals surface area contributed by atoms with Crippen LogP contribution in [0.3, 0.4) is 0 Å². The molecule has 1 unspecified atom stereocenters. The molecule has 0 spiro atoms. The molecule has 28 heavy (non-hydrogen) atoms. The molecule has 1 heterocycles. The Bertz CT molecular complexity index is 942. The molecule has 0 saturated carbocycles. The fraction of sp³-hybridized carbons (Fsp3) is 0.190. The van der Waals surface area contributed by atoms with Crippen molar-refractivity contribution in [2.75, 3.05) is 5.75 Å². The Morgan fingerprint density at radius 3 is 2.54 bits per heavy atom. The molecule has 0 aliphatic heterocycles. The molecule has 3 aromatic rings. The van der Waals surface area contributed by atoms with E-state index in [0.29, 0.717) is 11.6 Å². The lowest BCUT2D eigenvalue weighted by atomic mass is 10.0. The van der Waals surface area contributed by atoms with Gasteiger partial charge in [-0.3, -0.25) is 9.59 Å². The van der Waals surface area contributed by atoms with Crippen molar-refractivity contribution in [2.24, 2.45) is 0 Å². The summed E-state index contributed by atoms with van der Waals surface area (Å²) in [4.78, 5) is 31.7. The fourth-order valence-electron chi connectivity index (χ4n) is 2.67. The fourth-order valence-corrected chi connectivity index (χ4v) is 3.59. The predicted molar refractivity (Wildman–Crippen MR) is 115 cm³/mol. The summed E-state index contributed by atoms with van der Waals surface area (Å²) < 4.78 is 1.01. The van der Waals surface area contributed by atoms with Crippen LogP contribution in [0.5, 0.6) is 0 Å². The number of rotatable bonds is 8. The first kappa shape index (κ1) is 20.4. The Morgan fingerprint density at radius 1 is 1.14 bits per heavy atom. The van der Waals surface area contributed by atoms with Gasteiger partial charge in [0.05, 0.1) is 23.7 Å². The number of Topliss-reactive ketones (excluding diaryl/α,β-unsaturated/α-hetero) is 1. The highest BCUT2D eigenvalue weighted by Crippen LogP contribution is 2.23. The van der Waals surface area contributed by atoms with Gasteiger partial charge in [-0.2, -0.15) is 0 Å². The minimum absolute atomic E-state index is 0.0577. The molecule has 0 aliphatic rings. The van der Waals surface area contributed by atoms with Gasteiger partial charge in [0.1, 0.15) is 0 Å². The van der Waals surface area contributed by atoms with Crippen LogP contribution in [-0.4, -0.2) is 33.5 Å². The number of H-pyrrole nitrogens is 1. The van der Waals surface area contributed by atoms with Crippen molar-refractivity contribution >= 4 is 39.4 Å². The lowest BCUT2D eigenvalue weighted by molar-refractivity contribution is -0.125. The summed E-state index contributed by atoms with van der Waals surface area (Å²) in [5, 5.41) is 3.49. The summed E-state index contributed by atoms with van der Waals surface area (Å²) in [5.41, 5.74) is 2.92. The standard InChI is InChI=1S/C21H20BrN3O2S/c1-14(26)18(11-15-5-3-2-4-6-15)24-20(27)13-28-21-23-12-19(25-21)16-7-9-17(22)10-8-16/h2-10,12,18H,11,13H2,1H3,(H,23,25)(H,24,27). The first-order chi connectivity index (χ1) is 13.5. The highest BCUT2D eigenvalue weighted by atomic mass is 79.9. The number of nitrogens with one attached hydrogen (secondary N) is 2. The van der Waals surface area contributed by atoms with Crippen molar-refractivity contribution in [3.63, 3.8) is 0 Å². The Morgan fingerprint density at radius 2 is 1.86 bits per heavy atom. The van der Waals surface area contributed by atoms with Crippen molar-refractivity contribution in [3.05, 3.63) is 70.8 Å². The molecule has 0 radical (unpaired) electrons. The Labute approximate surface area is 176 Å². The predicted octanol–water partition coefficient (Wildman–Crippen LogP) is 4.25. The number of hydrogen-bond acceptors (Lipinski definition) is 4. The van der Waals surface area contributed by atoms with Gasteiger partial charge in [-0.05, 0) is 36.6 Å². The molecule has 1 atom stereocenters. The van der Waals surface area contributed by atoms with Gasteiger partial charge < -0.3 is 10.3 Å². The molecule has 0 bridgehead atoms. The molecule has 0 aliphatic carbocycles. The first-order valence-corrected chi connectivity index (χ1v) is 10.6. The molecular formula is C21H20BrN3O2S. The number of amides is 1. The highest BCUT2D eigenvalue weighted by molar-refractivity contribution is 9.10. The quantitative estimate of drug-likeness (QED) is 0.495. The van der Waals surface area contributed by atoms with E-state index in [1.807, 2.05) is 54.6 Å². The van der Waals surface area contributed by atoms with Crippen molar-refractivity contribution in [3.8, 4) is 11.3 Å². The molecule has 0 fully saturated rings. The highest BCUT2D eigenvalue weighted by Gasteiger charge is 2.18. The number of thioether (sulfide) groups is 1. The van der Waals surface area contributed by atoms with Crippen molar-refractivity contribution in [1.82, 2.24) is 15.3 Å². The molecule has 1 amide bonds. The van der Waals surface area contributed by atoms with Crippen LogP contribution in [0.2, 0.25) is 0 Å². The summed E-state index contributed by atoms with van der Waals surface area (Å²) in [5.74, 6) is -0.0632. The zero-order valence-electron chi connectivity index (χ0n) is 15.3. The van der Waals surface area contributed by atoms with E-state index in [9.17, 15) is 9.59 Å². The van der Waals surface area contributed by atoms with E-state index in [1.54, 1.807) is 6.20 Å². The summed E-state index contributed by atoms with van der Waals surface area (Å²) in [6.07, 6.45) is 2.23. The second-order valence-electron chi connectivity index (χ2n) is 6.32. The van der Waals surface area contributed by atoms with E-state index in [1.165, 1.54) is 18.7 Å². The van der Waals surface area contributed by atoms with Crippen LogP contribution >= 0.6 is 27.7 Å². The number of carbonyl (C=O) groups excluding carboxylic acids is 2. The average molecular weight is 458 g/mol. The zero-order chi connectivity index (χ0) is 19.9. The van der Waals surface area contributed by atoms with E-state index in [4.69, 9.17) is 0 Å². The van der Waals surface area contributed by atoms with Gasteiger partial charge >= 0.3 is 0 Å². The number of imidazole rings is 1. The molecule has 144 valence electrons. The molecule has 5 nitrogen and oxygen atoms in total. The largest absolute Gasteiger partial charge is 0.345 e. The summed E-state index contributed by atoms with van der Waals surface area (Å²) in [7, 11) is 0. The number of ketones is 1. The third-order valence-electron chi connectivity index (χ3n) is 4.16. The van der Waals surface area contributed by atoms with E-state index in [2.05, 4.69) is 31.2 Å². The zero-order valence-corrected chi connectivity index (χ0v) is 17.7. The molecule has 2 aromatic carbocycles. The first-order valence-electron chi connectivity index (χ1n) is 8.79. The van der Waals surface area contributed by atoms with Gasteiger partial charge in [-0.1, -0.05) is 70.2 Å². The van der Waals surface area contributed by atoms with Crippen LogP contribution in [0.1, 0.15) is 12.5 Å². The number of aromatic nitrogens is 2. The molecule has 1 aromatic heterocycles. The third-order valence-corrected chi connectivity index (χ3v) is 5.57. The number of halogens is 1. The topological polar surface area (TPSA) is 74.8 Å². The normalized spacial score (nSPS) is 11.8. The second-order valence-corrected chi connectivity index (χ2v) is 8.20. The van der Waals surface area contributed by atoms with E-state index in [-0.39, 0.29) is 17.4 Å². The minimum atomic E-state index is -0.523. The Kier molecular flexibility index (Phi) is 7.06. The van der Waals surface area contributed by atoms with E-state index >= 15 is 0 Å². The number of aromatic amines is 1. The maximum atomic E-state index is 12.3. The monoisotopic (exact) mass is 457 g/mol. The maximum absolute atomic E-state index is 12.3. The van der Waals surface area contributed by atoms with Crippen molar-refractivity contribution in [1.29, 1.82) is 0 Å².